The third-order valence-corrected chi connectivity index (χ3v) is 5.60. The molecule has 0 fully saturated rings. The van der Waals surface area contributed by atoms with Crippen LogP contribution in [0.15, 0.2) is 42.5 Å². The number of amides is 2. The van der Waals surface area contributed by atoms with Gasteiger partial charge in [0.15, 0.2) is 5.13 Å². The molecule has 0 atom stereocenters. The number of carbonyl (C=O) groups is 2. The summed E-state index contributed by atoms with van der Waals surface area (Å²) in [6, 6.07) is 13.7. The number of aromatic nitrogens is 1. The number of fused-ring (bicyclic) bond motifs is 1. The molecule has 0 aliphatic heterocycles. The van der Waals surface area contributed by atoms with E-state index < -0.39 is 0 Å². The van der Waals surface area contributed by atoms with Gasteiger partial charge >= 0.3 is 0 Å². The van der Waals surface area contributed by atoms with Crippen molar-refractivity contribution in [1.82, 2.24) is 9.88 Å². The summed E-state index contributed by atoms with van der Waals surface area (Å²) in [5.74, 6) is -0.310. The van der Waals surface area contributed by atoms with Gasteiger partial charge in [0.25, 0.3) is 5.91 Å². The zero-order valence-corrected chi connectivity index (χ0v) is 18.0. The lowest BCUT2D eigenvalue weighted by Gasteiger charge is -2.24. The highest BCUT2D eigenvalue weighted by Gasteiger charge is 2.12. The molecule has 2 N–H and O–H groups in total. The minimum absolute atomic E-state index is 0.124. The van der Waals surface area contributed by atoms with Crippen LogP contribution in [0.5, 0.6) is 0 Å². The highest BCUT2D eigenvalue weighted by atomic mass is 32.1. The minimum atomic E-state index is -0.186. The van der Waals surface area contributed by atoms with E-state index in [9.17, 15) is 9.59 Å². The van der Waals surface area contributed by atoms with Crippen molar-refractivity contribution in [2.24, 2.45) is 0 Å². The van der Waals surface area contributed by atoms with Gasteiger partial charge in [0.2, 0.25) is 5.91 Å². The fraction of sp³-hybridized carbons (Fsp3) is 0.318. The predicted octanol–water partition coefficient (Wildman–Crippen LogP) is 4.74. The number of anilines is 2. The topological polar surface area (TPSA) is 74.3 Å². The number of rotatable bonds is 7. The van der Waals surface area contributed by atoms with Gasteiger partial charge in [0.1, 0.15) is 0 Å². The number of thiazole rings is 1. The second-order valence-electron chi connectivity index (χ2n) is 7.19. The predicted molar refractivity (Wildman–Crippen MR) is 120 cm³/mol. The first kappa shape index (κ1) is 21.0. The standard InChI is InChI=1S/C22H26N4O2S/c1-5-26(14(2)3)13-16-6-8-17(9-7-16)21(28)25-22-24-19-11-10-18(23-15(4)27)12-20(19)29-22/h6-12,14H,5,13H2,1-4H3,(H,23,27)(H,24,25,28). The Hall–Kier alpha value is -2.77. The Labute approximate surface area is 174 Å². The van der Waals surface area contributed by atoms with Crippen molar-refractivity contribution in [2.45, 2.75) is 40.3 Å². The van der Waals surface area contributed by atoms with E-state index in [0.717, 1.165) is 23.3 Å². The third kappa shape index (κ3) is 5.40. The molecule has 0 bridgehead atoms. The van der Waals surface area contributed by atoms with E-state index in [-0.39, 0.29) is 11.8 Å². The van der Waals surface area contributed by atoms with E-state index in [0.29, 0.717) is 22.4 Å². The molecular weight excluding hydrogens is 384 g/mol. The third-order valence-electron chi connectivity index (χ3n) is 4.67. The van der Waals surface area contributed by atoms with E-state index >= 15 is 0 Å². The van der Waals surface area contributed by atoms with Gasteiger partial charge in [-0.3, -0.25) is 19.8 Å². The van der Waals surface area contributed by atoms with E-state index in [1.807, 2.05) is 36.4 Å². The summed E-state index contributed by atoms with van der Waals surface area (Å²) in [5.41, 5.74) is 3.27. The molecule has 6 nitrogen and oxygen atoms in total. The van der Waals surface area contributed by atoms with Crippen LogP contribution in [-0.4, -0.2) is 34.3 Å². The lowest BCUT2D eigenvalue weighted by Crippen LogP contribution is -2.29. The van der Waals surface area contributed by atoms with Crippen LogP contribution in [-0.2, 0) is 11.3 Å². The summed E-state index contributed by atoms with van der Waals surface area (Å²) >= 11 is 1.38. The van der Waals surface area contributed by atoms with E-state index in [4.69, 9.17) is 0 Å². The Bertz CT molecular complexity index is 1010. The summed E-state index contributed by atoms with van der Waals surface area (Å²) in [6.45, 7) is 9.84. The normalized spacial score (nSPS) is 11.2. The van der Waals surface area contributed by atoms with Crippen molar-refractivity contribution in [3.63, 3.8) is 0 Å². The molecule has 0 saturated heterocycles. The number of carbonyl (C=O) groups excluding carboxylic acids is 2. The Morgan fingerprint density at radius 1 is 1.10 bits per heavy atom. The molecule has 1 aromatic heterocycles. The number of benzene rings is 2. The van der Waals surface area contributed by atoms with Gasteiger partial charge in [-0.05, 0) is 56.3 Å². The molecule has 7 heteroatoms. The van der Waals surface area contributed by atoms with Crippen molar-refractivity contribution in [1.29, 1.82) is 0 Å². The smallest absolute Gasteiger partial charge is 0.257 e. The lowest BCUT2D eigenvalue weighted by molar-refractivity contribution is -0.114. The number of hydrogen-bond donors (Lipinski definition) is 2. The van der Waals surface area contributed by atoms with Crippen LogP contribution in [0.1, 0.15) is 43.6 Å². The van der Waals surface area contributed by atoms with Gasteiger partial charge in [-0.15, -0.1) is 0 Å². The van der Waals surface area contributed by atoms with Crippen molar-refractivity contribution in [3.05, 3.63) is 53.6 Å². The zero-order valence-electron chi connectivity index (χ0n) is 17.2. The molecule has 0 spiro atoms. The quantitative estimate of drug-likeness (QED) is 0.590. The first-order valence-electron chi connectivity index (χ1n) is 9.68. The van der Waals surface area contributed by atoms with E-state index in [2.05, 4.69) is 41.3 Å². The maximum absolute atomic E-state index is 12.6. The van der Waals surface area contributed by atoms with Crippen LogP contribution >= 0.6 is 11.3 Å². The van der Waals surface area contributed by atoms with Crippen molar-refractivity contribution in [2.75, 3.05) is 17.2 Å². The Kier molecular flexibility index (Phi) is 6.61. The maximum Gasteiger partial charge on any atom is 0.257 e. The molecule has 0 radical (unpaired) electrons. The van der Waals surface area contributed by atoms with Crippen LogP contribution in [0.4, 0.5) is 10.8 Å². The molecule has 2 amide bonds. The monoisotopic (exact) mass is 410 g/mol. The average molecular weight is 411 g/mol. The van der Waals surface area contributed by atoms with Gasteiger partial charge in [-0.1, -0.05) is 30.4 Å². The minimum Gasteiger partial charge on any atom is -0.326 e. The van der Waals surface area contributed by atoms with Crippen LogP contribution in [0.2, 0.25) is 0 Å². The van der Waals surface area contributed by atoms with Gasteiger partial charge in [-0.2, -0.15) is 0 Å². The summed E-state index contributed by atoms with van der Waals surface area (Å²) in [4.78, 5) is 30.6. The Morgan fingerprint density at radius 3 is 2.45 bits per heavy atom. The fourth-order valence-electron chi connectivity index (χ4n) is 3.08. The molecule has 2 aromatic carbocycles. The van der Waals surface area contributed by atoms with Gasteiger partial charge in [0, 0.05) is 30.8 Å². The van der Waals surface area contributed by atoms with E-state index in [1.54, 1.807) is 6.07 Å². The van der Waals surface area contributed by atoms with Crippen molar-refractivity contribution in [3.8, 4) is 0 Å². The lowest BCUT2D eigenvalue weighted by atomic mass is 10.1. The Morgan fingerprint density at radius 2 is 1.83 bits per heavy atom. The molecular formula is C22H26N4O2S. The molecule has 0 aliphatic rings. The van der Waals surface area contributed by atoms with Crippen LogP contribution in [0.3, 0.4) is 0 Å². The van der Waals surface area contributed by atoms with Crippen molar-refractivity contribution >= 4 is 44.2 Å². The summed E-state index contributed by atoms with van der Waals surface area (Å²) in [5, 5.41) is 6.15. The maximum atomic E-state index is 12.6. The second-order valence-corrected chi connectivity index (χ2v) is 8.22. The molecule has 0 unspecified atom stereocenters. The SMILES string of the molecule is CCN(Cc1ccc(C(=O)Nc2nc3ccc(NC(C)=O)cc3s2)cc1)C(C)C. The zero-order chi connectivity index (χ0) is 21.0. The molecule has 3 aromatic rings. The summed E-state index contributed by atoms with van der Waals surface area (Å²) in [6.07, 6.45) is 0. The first-order chi connectivity index (χ1) is 13.9. The van der Waals surface area contributed by atoms with Gasteiger partial charge in [0.05, 0.1) is 10.2 Å². The van der Waals surface area contributed by atoms with Gasteiger partial charge < -0.3 is 5.32 Å². The second kappa shape index (κ2) is 9.15. The van der Waals surface area contributed by atoms with Crippen LogP contribution in [0.25, 0.3) is 10.2 Å². The molecule has 3 rings (SSSR count). The van der Waals surface area contributed by atoms with Crippen LogP contribution < -0.4 is 10.6 Å². The molecule has 1 heterocycles. The molecule has 29 heavy (non-hydrogen) atoms. The van der Waals surface area contributed by atoms with E-state index in [1.165, 1.54) is 23.8 Å². The molecule has 0 aliphatic carbocycles. The first-order valence-corrected chi connectivity index (χ1v) is 10.5. The number of hydrogen-bond acceptors (Lipinski definition) is 5. The number of nitrogens with zero attached hydrogens (tertiary/aromatic N) is 2. The van der Waals surface area contributed by atoms with Gasteiger partial charge in [-0.25, -0.2) is 4.98 Å². The van der Waals surface area contributed by atoms with Crippen LogP contribution in [0, 0.1) is 0 Å². The Balaban J connectivity index is 1.68. The summed E-state index contributed by atoms with van der Waals surface area (Å²) in [7, 11) is 0. The number of nitrogens with one attached hydrogen (secondary N) is 2. The fourth-order valence-corrected chi connectivity index (χ4v) is 3.98. The highest BCUT2D eigenvalue weighted by molar-refractivity contribution is 7.22. The molecule has 0 saturated carbocycles. The van der Waals surface area contributed by atoms with Crippen molar-refractivity contribution < 1.29 is 9.59 Å². The summed E-state index contributed by atoms with van der Waals surface area (Å²) < 4.78 is 0.898. The largest absolute Gasteiger partial charge is 0.326 e. The molecule has 152 valence electrons. The highest BCUT2D eigenvalue weighted by Crippen LogP contribution is 2.28. The average Bonchev–Trinajstić information content (AvgIpc) is 3.07.